The number of carbonyl (C=O) groups excluding carboxylic acids is 2. The molecule has 26 heavy (non-hydrogen) atoms. The number of carbonyl (C=O) groups is 2. The predicted molar refractivity (Wildman–Crippen MR) is 101 cm³/mol. The third-order valence-corrected chi connectivity index (χ3v) is 6.26. The van der Waals surface area contributed by atoms with Crippen molar-refractivity contribution in [3.63, 3.8) is 0 Å². The third kappa shape index (κ3) is 2.94. The molecule has 1 aliphatic rings. The average Bonchev–Trinajstić information content (AvgIpc) is 3.20. The molecule has 1 saturated heterocycles. The Bertz CT molecular complexity index is 1010. The molecule has 1 aliphatic heterocycles. The van der Waals surface area contributed by atoms with Crippen LogP contribution in [0.2, 0.25) is 5.02 Å². The second-order valence-corrected chi connectivity index (χ2v) is 7.81. The van der Waals surface area contributed by atoms with Crippen LogP contribution in [0.1, 0.15) is 21.4 Å². The van der Waals surface area contributed by atoms with E-state index in [1.54, 1.807) is 12.1 Å². The lowest BCUT2D eigenvalue weighted by molar-refractivity contribution is -0.130. The van der Waals surface area contributed by atoms with Crippen molar-refractivity contribution in [3.05, 3.63) is 64.6 Å². The number of nitrogens with one attached hydrogen (secondary N) is 1. The smallest absolute Gasteiger partial charge is 0.272 e. The van der Waals surface area contributed by atoms with Gasteiger partial charge in [-0.15, -0.1) is 11.8 Å². The van der Waals surface area contributed by atoms with E-state index in [1.165, 1.54) is 35.4 Å². The molecule has 132 valence electrons. The maximum Gasteiger partial charge on any atom is 0.290 e. The van der Waals surface area contributed by atoms with Gasteiger partial charge >= 0.3 is 0 Å². The fraction of sp³-hybridized carbons (Fsp3) is 0.118. The summed E-state index contributed by atoms with van der Waals surface area (Å²) in [6.07, 6.45) is 0. The lowest BCUT2D eigenvalue weighted by atomic mass is 10.2. The van der Waals surface area contributed by atoms with E-state index < -0.39 is 17.1 Å². The van der Waals surface area contributed by atoms with E-state index in [9.17, 15) is 14.0 Å². The highest BCUT2D eigenvalue weighted by Gasteiger charge is 2.37. The van der Waals surface area contributed by atoms with Crippen LogP contribution in [0.3, 0.4) is 0 Å². The van der Waals surface area contributed by atoms with Crippen LogP contribution in [0.4, 0.5) is 4.39 Å². The lowest BCUT2D eigenvalue weighted by Crippen LogP contribution is -2.44. The molecule has 1 unspecified atom stereocenters. The van der Waals surface area contributed by atoms with Gasteiger partial charge in [0.2, 0.25) is 0 Å². The fourth-order valence-electron chi connectivity index (χ4n) is 2.72. The van der Waals surface area contributed by atoms with Gasteiger partial charge in [0, 0.05) is 16.0 Å². The molecule has 1 fully saturated rings. The van der Waals surface area contributed by atoms with Crippen molar-refractivity contribution in [1.29, 1.82) is 0 Å². The van der Waals surface area contributed by atoms with Gasteiger partial charge in [0.25, 0.3) is 11.8 Å². The minimum atomic E-state index is -0.731. The van der Waals surface area contributed by atoms with Crippen LogP contribution in [-0.2, 0) is 4.79 Å². The zero-order chi connectivity index (χ0) is 18.3. The zero-order valence-corrected chi connectivity index (χ0v) is 15.5. The largest absolute Gasteiger partial charge is 0.290 e. The Labute approximate surface area is 161 Å². The highest BCUT2D eigenvalue weighted by molar-refractivity contribution is 8.00. The summed E-state index contributed by atoms with van der Waals surface area (Å²) in [6.45, 7) is 0. The van der Waals surface area contributed by atoms with Crippen LogP contribution in [0, 0.1) is 5.82 Å². The molecule has 1 aromatic heterocycles. The minimum absolute atomic E-state index is 0.118. The van der Waals surface area contributed by atoms with E-state index in [2.05, 4.69) is 9.80 Å². The second-order valence-electron chi connectivity index (χ2n) is 5.53. The molecular formula is C17H11ClFN3O2S2. The number of benzene rings is 2. The van der Waals surface area contributed by atoms with Gasteiger partial charge in [-0.3, -0.25) is 15.0 Å². The summed E-state index contributed by atoms with van der Waals surface area (Å²) in [7, 11) is 0. The van der Waals surface area contributed by atoms with E-state index in [0.717, 1.165) is 9.71 Å². The molecule has 1 atom stereocenters. The molecule has 0 saturated carbocycles. The van der Waals surface area contributed by atoms with E-state index in [1.807, 2.05) is 18.2 Å². The molecule has 5 nitrogen and oxygen atoms in total. The highest BCUT2D eigenvalue weighted by Crippen LogP contribution is 2.41. The molecule has 0 aliphatic carbocycles. The van der Waals surface area contributed by atoms with Gasteiger partial charge in [-0.2, -0.15) is 4.37 Å². The van der Waals surface area contributed by atoms with Gasteiger partial charge in [0.1, 0.15) is 11.2 Å². The number of thioether (sulfide) groups is 1. The molecule has 9 heteroatoms. The Morgan fingerprint density at radius 2 is 2.08 bits per heavy atom. The fourth-order valence-corrected chi connectivity index (χ4v) is 4.99. The van der Waals surface area contributed by atoms with Crippen molar-refractivity contribution in [1.82, 2.24) is 14.8 Å². The number of rotatable bonds is 3. The second kappa shape index (κ2) is 6.86. The number of nitrogens with zero attached hydrogens (tertiary/aromatic N) is 2. The van der Waals surface area contributed by atoms with Gasteiger partial charge in [0.05, 0.1) is 10.5 Å². The Kier molecular flexibility index (Phi) is 4.56. The number of aromatic nitrogens is 1. The summed E-state index contributed by atoms with van der Waals surface area (Å²) in [6, 6.07) is 11.6. The molecule has 3 aromatic rings. The molecule has 4 rings (SSSR count). The summed E-state index contributed by atoms with van der Waals surface area (Å²) < 4.78 is 19.3. The molecule has 0 spiro atoms. The maximum absolute atomic E-state index is 14.3. The number of hydrogen-bond donors (Lipinski definition) is 1. The van der Waals surface area contributed by atoms with Crippen LogP contribution in [-0.4, -0.2) is 26.9 Å². The number of fused-ring (bicyclic) bond motifs is 1. The van der Waals surface area contributed by atoms with E-state index in [0.29, 0.717) is 5.39 Å². The summed E-state index contributed by atoms with van der Waals surface area (Å²) >= 11 is 8.53. The number of amides is 2. The predicted octanol–water partition coefficient (Wildman–Crippen LogP) is 4.01. The normalized spacial score (nSPS) is 17.1. The first-order valence-electron chi connectivity index (χ1n) is 7.59. The summed E-state index contributed by atoms with van der Waals surface area (Å²) in [4.78, 5) is 24.9. The first-order chi connectivity index (χ1) is 12.6. The standard InChI is InChI=1S/C17H11ClFN3O2S2/c18-10-5-3-6-11(19)14(10)17-22(13(23)8-25-17)20-16(24)15-9-4-1-2-7-12(9)26-21-15/h1-7,17H,8H2,(H,20,24). The summed E-state index contributed by atoms with van der Waals surface area (Å²) in [5.41, 5.74) is 2.97. The lowest BCUT2D eigenvalue weighted by Gasteiger charge is -2.25. The van der Waals surface area contributed by atoms with E-state index in [-0.39, 0.29) is 27.9 Å². The summed E-state index contributed by atoms with van der Waals surface area (Å²) in [5, 5.41) is 1.31. The maximum atomic E-state index is 14.3. The molecule has 2 heterocycles. The number of hydrazine groups is 1. The molecule has 0 radical (unpaired) electrons. The van der Waals surface area contributed by atoms with Crippen LogP contribution in [0.15, 0.2) is 42.5 Å². The van der Waals surface area contributed by atoms with Crippen molar-refractivity contribution < 1.29 is 14.0 Å². The number of hydrogen-bond acceptors (Lipinski definition) is 5. The Hall–Kier alpha value is -2.16. The van der Waals surface area contributed by atoms with Gasteiger partial charge in [-0.05, 0) is 29.7 Å². The highest BCUT2D eigenvalue weighted by atomic mass is 35.5. The van der Waals surface area contributed by atoms with Gasteiger partial charge in [-0.25, -0.2) is 9.40 Å². The first kappa shape index (κ1) is 17.3. The molecule has 2 amide bonds. The molecular weight excluding hydrogens is 397 g/mol. The molecule has 0 bridgehead atoms. The van der Waals surface area contributed by atoms with Crippen molar-refractivity contribution in [2.45, 2.75) is 5.37 Å². The van der Waals surface area contributed by atoms with Gasteiger partial charge in [-0.1, -0.05) is 35.9 Å². The van der Waals surface area contributed by atoms with Crippen LogP contribution in [0.25, 0.3) is 10.1 Å². The van der Waals surface area contributed by atoms with Crippen molar-refractivity contribution >= 4 is 56.8 Å². The first-order valence-corrected chi connectivity index (χ1v) is 9.79. The SMILES string of the molecule is O=C(NN1C(=O)CSC1c1c(F)cccc1Cl)c1nsc2ccccc12. The van der Waals surface area contributed by atoms with E-state index in [4.69, 9.17) is 11.6 Å². The van der Waals surface area contributed by atoms with Crippen LogP contribution in [0.5, 0.6) is 0 Å². The Balaban J connectivity index is 1.65. The molecule has 2 aromatic carbocycles. The van der Waals surface area contributed by atoms with Crippen molar-refractivity contribution in [2.75, 3.05) is 5.75 Å². The number of halogens is 2. The van der Waals surface area contributed by atoms with Gasteiger partial charge in [0.15, 0.2) is 5.69 Å². The third-order valence-electron chi connectivity index (χ3n) is 3.93. The Morgan fingerprint density at radius 3 is 2.88 bits per heavy atom. The monoisotopic (exact) mass is 407 g/mol. The van der Waals surface area contributed by atoms with Crippen LogP contribution < -0.4 is 5.43 Å². The quantitative estimate of drug-likeness (QED) is 0.712. The van der Waals surface area contributed by atoms with Crippen molar-refractivity contribution in [3.8, 4) is 0 Å². The summed E-state index contributed by atoms with van der Waals surface area (Å²) in [5.74, 6) is -1.25. The topological polar surface area (TPSA) is 62.3 Å². The zero-order valence-electron chi connectivity index (χ0n) is 13.1. The average molecular weight is 408 g/mol. The minimum Gasteiger partial charge on any atom is -0.272 e. The molecule has 1 N–H and O–H groups in total. The van der Waals surface area contributed by atoms with Gasteiger partial charge < -0.3 is 0 Å². The van der Waals surface area contributed by atoms with Crippen molar-refractivity contribution in [2.24, 2.45) is 0 Å². The Morgan fingerprint density at radius 1 is 1.27 bits per heavy atom. The van der Waals surface area contributed by atoms with Crippen LogP contribution >= 0.6 is 34.9 Å². The van der Waals surface area contributed by atoms with E-state index >= 15 is 0 Å².